The van der Waals surface area contributed by atoms with Gasteiger partial charge in [-0.1, -0.05) is 27.7 Å². The van der Waals surface area contributed by atoms with Gasteiger partial charge in [-0.2, -0.15) is 4.98 Å². The van der Waals surface area contributed by atoms with Crippen molar-refractivity contribution in [1.29, 1.82) is 0 Å². The molecule has 1 atom stereocenters. The Morgan fingerprint density at radius 1 is 1.31 bits per heavy atom. The van der Waals surface area contributed by atoms with Crippen LogP contribution in [0.15, 0.2) is 10.9 Å². The van der Waals surface area contributed by atoms with Crippen molar-refractivity contribution in [2.45, 2.75) is 46.6 Å². The maximum Gasteiger partial charge on any atom is 0.345 e. The van der Waals surface area contributed by atoms with Crippen LogP contribution in [0.5, 0.6) is 0 Å². The Balaban J connectivity index is 2.14. The molecule has 1 aromatic rings. The van der Waals surface area contributed by atoms with Gasteiger partial charge in [-0.05, 0) is 30.7 Å². The van der Waals surface area contributed by atoms with E-state index in [0.717, 1.165) is 18.8 Å². The van der Waals surface area contributed by atoms with Crippen molar-refractivity contribution in [1.82, 2.24) is 19.8 Å². The van der Waals surface area contributed by atoms with Gasteiger partial charge >= 0.3 is 5.69 Å². The predicted molar refractivity (Wildman–Crippen MR) is 101 cm³/mol. The number of hydrogen-bond donors (Lipinski definition) is 2. The van der Waals surface area contributed by atoms with Gasteiger partial charge in [-0.3, -0.25) is 9.69 Å². The van der Waals surface area contributed by atoms with Crippen molar-refractivity contribution in [2.24, 2.45) is 11.8 Å². The normalized spacial score (nSPS) is 18.7. The summed E-state index contributed by atoms with van der Waals surface area (Å²) in [5.74, 6) is 0.712. The predicted octanol–water partition coefficient (Wildman–Crippen LogP) is 1.13. The van der Waals surface area contributed by atoms with Crippen LogP contribution in [0.4, 0.5) is 0 Å². The number of piperazine rings is 1. The topological polar surface area (TPSA) is 89.5 Å². The average molecular weight is 364 g/mol. The van der Waals surface area contributed by atoms with Gasteiger partial charge in [0.2, 0.25) is 0 Å². The molecule has 2 heterocycles. The molecule has 0 aliphatic carbocycles. The number of rotatable bonds is 7. The lowest BCUT2D eigenvalue weighted by Gasteiger charge is -2.42. The number of aliphatic hydroxyl groups is 1. The number of nitrogens with one attached hydrogen (secondary N) is 1. The molecule has 0 bridgehead atoms. The molecule has 0 saturated carbocycles. The smallest absolute Gasteiger partial charge is 0.345 e. The Kier molecular flexibility index (Phi) is 7.34. The lowest BCUT2D eigenvalue weighted by molar-refractivity contribution is 0.0380. The van der Waals surface area contributed by atoms with E-state index >= 15 is 0 Å². The maximum atomic E-state index is 12.9. The molecular formula is C19H32N4O3. The van der Waals surface area contributed by atoms with Crippen LogP contribution in [0.25, 0.3) is 0 Å². The molecule has 2 rings (SSSR count). The standard InChI is InChI=1S/C19H32N4O3/c1-13(2)9-15-10-17(21-19(26)20-15)18(25)23-7-6-22(11-14(3)4)16(12-23)5-8-24/h10,13-14,16,24H,5-9,11-12H2,1-4H3,(H,20,21,26). The second-order valence-electron chi connectivity index (χ2n) is 8.00. The number of H-pyrrole nitrogens is 1. The van der Waals surface area contributed by atoms with E-state index < -0.39 is 5.69 Å². The molecule has 0 aromatic carbocycles. The van der Waals surface area contributed by atoms with E-state index in [1.807, 2.05) is 0 Å². The number of nitrogens with zero attached hydrogens (tertiary/aromatic N) is 3. The number of aromatic amines is 1. The van der Waals surface area contributed by atoms with Crippen molar-refractivity contribution >= 4 is 5.91 Å². The number of aromatic nitrogens is 2. The molecular weight excluding hydrogens is 332 g/mol. The SMILES string of the molecule is CC(C)Cc1cc(C(=O)N2CCN(CC(C)C)C(CCO)C2)nc(=O)[nH]1. The van der Waals surface area contributed by atoms with Gasteiger partial charge in [-0.15, -0.1) is 0 Å². The van der Waals surface area contributed by atoms with Crippen LogP contribution in [0, 0.1) is 11.8 Å². The quantitative estimate of drug-likeness (QED) is 0.757. The zero-order valence-corrected chi connectivity index (χ0v) is 16.4. The van der Waals surface area contributed by atoms with Gasteiger partial charge in [0, 0.05) is 44.5 Å². The van der Waals surface area contributed by atoms with Crippen LogP contribution in [-0.4, -0.2) is 69.6 Å². The van der Waals surface area contributed by atoms with Crippen molar-refractivity contribution in [2.75, 3.05) is 32.8 Å². The summed E-state index contributed by atoms with van der Waals surface area (Å²) in [6.07, 6.45) is 1.34. The highest BCUT2D eigenvalue weighted by molar-refractivity contribution is 5.92. The van der Waals surface area contributed by atoms with Gasteiger partial charge in [0.05, 0.1) is 0 Å². The van der Waals surface area contributed by atoms with Crippen molar-refractivity contribution in [3.63, 3.8) is 0 Å². The first kappa shape index (κ1) is 20.6. The summed E-state index contributed by atoms with van der Waals surface area (Å²) < 4.78 is 0. The molecule has 146 valence electrons. The van der Waals surface area contributed by atoms with E-state index in [9.17, 15) is 14.7 Å². The minimum Gasteiger partial charge on any atom is -0.396 e. The molecule has 7 nitrogen and oxygen atoms in total. The summed E-state index contributed by atoms with van der Waals surface area (Å²) in [5.41, 5.74) is 0.481. The zero-order chi connectivity index (χ0) is 19.3. The van der Waals surface area contributed by atoms with Gasteiger partial charge in [0.15, 0.2) is 0 Å². The Morgan fingerprint density at radius 2 is 2.04 bits per heavy atom. The highest BCUT2D eigenvalue weighted by Gasteiger charge is 2.30. The van der Waals surface area contributed by atoms with Crippen molar-refractivity contribution in [3.05, 3.63) is 27.9 Å². The first-order valence-corrected chi connectivity index (χ1v) is 9.54. The first-order valence-electron chi connectivity index (χ1n) is 9.54. The lowest BCUT2D eigenvalue weighted by Crippen LogP contribution is -2.55. The fourth-order valence-electron chi connectivity index (χ4n) is 3.54. The largest absolute Gasteiger partial charge is 0.396 e. The van der Waals surface area contributed by atoms with Crippen LogP contribution in [0.1, 0.15) is 50.3 Å². The molecule has 1 aliphatic rings. The van der Waals surface area contributed by atoms with Crippen LogP contribution in [0.2, 0.25) is 0 Å². The minimum atomic E-state index is -0.475. The average Bonchev–Trinajstić information content (AvgIpc) is 2.54. The van der Waals surface area contributed by atoms with Crippen LogP contribution in [0.3, 0.4) is 0 Å². The third kappa shape index (κ3) is 5.64. The van der Waals surface area contributed by atoms with E-state index in [-0.39, 0.29) is 24.2 Å². The third-order valence-electron chi connectivity index (χ3n) is 4.60. The summed E-state index contributed by atoms with van der Waals surface area (Å²) in [7, 11) is 0. The number of aliphatic hydroxyl groups excluding tert-OH is 1. The van der Waals surface area contributed by atoms with E-state index in [0.29, 0.717) is 37.8 Å². The molecule has 7 heteroatoms. The van der Waals surface area contributed by atoms with E-state index in [1.165, 1.54) is 0 Å². The third-order valence-corrected chi connectivity index (χ3v) is 4.60. The molecule has 0 radical (unpaired) electrons. The first-order chi connectivity index (χ1) is 12.3. The second kappa shape index (κ2) is 9.28. The molecule has 1 amide bonds. The Bertz CT molecular complexity index is 656. The fraction of sp³-hybridized carbons (Fsp3) is 0.737. The molecule has 26 heavy (non-hydrogen) atoms. The van der Waals surface area contributed by atoms with E-state index in [2.05, 4.69) is 42.6 Å². The number of hydrogen-bond acceptors (Lipinski definition) is 5. The van der Waals surface area contributed by atoms with Crippen molar-refractivity contribution < 1.29 is 9.90 Å². The van der Waals surface area contributed by atoms with E-state index in [1.54, 1.807) is 11.0 Å². The van der Waals surface area contributed by atoms with Gasteiger partial charge in [-0.25, -0.2) is 4.79 Å². The van der Waals surface area contributed by atoms with Crippen LogP contribution >= 0.6 is 0 Å². The molecule has 2 N–H and O–H groups in total. The Morgan fingerprint density at radius 3 is 2.65 bits per heavy atom. The zero-order valence-electron chi connectivity index (χ0n) is 16.4. The molecule has 1 aromatic heterocycles. The van der Waals surface area contributed by atoms with Crippen LogP contribution in [-0.2, 0) is 6.42 Å². The fourth-order valence-corrected chi connectivity index (χ4v) is 3.54. The van der Waals surface area contributed by atoms with Crippen LogP contribution < -0.4 is 5.69 Å². The summed E-state index contributed by atoms with van der Waals surface area (Å²) in [6, 6.07) is 1.84. The summed E-state index contributed by atoms with van der Waals surface area (Å²) in [5, 5.41) is 9.38. The highest BCUT2D eigenvalue weighted by Crippen LogP contribution is 2.17. The minimum absolute atomic E-state index is 0.100. The molecule has 0 spiro atoms. The number of carbonyl (C=O) groups is 1. The molecule has 1 saturated heterocycles. The summed E-state index contributed by atoms with van der Waals surface area (Å²) >= 11 is 0. The Labute approximate surface area is 155 Å². The monoisotopic (exact) mass is 364 g/mol. The van der Waals surface area contributed by atoms with Gasteiger partial charge in [0.1, 0.15) is 5.69 Å². The summed E-state index contributed by atoms with van der Waals surface area (Å²) in [6.45, 7) is 11.5. The summed E-state index contributed by atoms with van der Waals surface area (Å²) in [4.78, 5) is 35.5. The van der Waals surface area contributed by atoms with Crippen molar-refractivity contribution in [3.8, 4) is 0 Å². The lowest BCUT2D eigenvalue weighted by atomic mass is 10.0. The second-order valence-corrected chi connectivity index (χ2v) is 8.00. The maximum absolute atomic E-state index is 12.9. The highest BCUT2D eigenvalue weighted by atomic mass is 16.3. The molecule has 1 aliphatic heterocycles. The molecule has 1 unspecified atom stereocenters. The molecule has 1 fully saturated rings. The van der Waals surface area contributed by atoms with E-state index in [4.69, 9.17) is 0 Å². The Hall–Kier alpha value is -1.73. The number of carbonyl (C=O) groups excluding carboxylic acids is 1. The van der Waals surface area contributed by atoms with Gasteiger partial charge in [0.25, 0.3) is 5.91 Å². The number of amides is 1. The van der Waals surface area contributed by atoms with Gasteiger partial charge < -0.3 is 15.0 Å².